The van der Waals surface area contributed by atoms with Crippen molar-refractivity contribution in [3.63, 3.8) is 0 Å². The van der Waals surface area contributed by atoms with Crippen LogP contribution in [-0.2, 0) is 9.59 Å². The summed E-state index contributed by atoms with van der Waals surface area (Å²) in [5.41, 5.74) is -0.638. The summed E-state index contributed by atoms with van der Waals surface area (Å²) in [6.07, 6.45) is 7.88. The third kappa shape index (κ3) is 3.57. The van der Waals surface area contributed by atoms with E-state index in [0.717, 1.165) is 45.2 Å². The van der Waals surface area contributed by atoms with E-state index in [4.69, 9.17) is 0 Å². The third-order valence-electron chi connectivity index (χ3n) is 5.50. The van der Waals surface area contributed by atoms with Gasteiger partial charge in [-0.15, -0.1) is 0 Å². The third-order valence-corrected chi connectivity index (χ3v) is 5.50. The van der Waals surface area contributed by atoms with Crippen LogP contribution < -0.4 is 5.32 Å². The largest absolute Gasteiger partial charge is 0.342 e. The van der Waals surface area contributed by atoms with Crippen molar-refractivity contribution >= 4 is 17.8 Å². The van der Waals surface area contributed by atoms with Gasteiger partial charge in [-0.25, -0.2) is 4.79 Å². The van der Waals surface area contributed by atoms with Crippen LogP contribution >= 0.6 is 0 Å². The van der Waals surface area contributed by atoms with Gasteiger partial charge in [-0.05, 0) is 44.4 Å². The van der Waals surface area contributed by atoms with Gasteiger partial charge in [0.15, 0.2) is 0 Å². The highest BCUT2D eigenvalue weighted by atomic mass is 16.2. The lowest BCUT2D eigenvalue weighted by atomic mass is 9.98. The summed E-state index contributed by atoms with van der Waals surface area (Å²) in [4.78, 5) is 40.4. The molecule has 0 aromatic carbocycles. The van der Waals surface area contributed by atoms with E-state index in [1.807, 2.05) is 4.90 Å². The number of amides is 4. The molecule has 3 fully saturated rings. The molecule has 1 spiro atoms. The molecule has 0 atom stereocenters. The molecule has 6 heteroatoms. The lowest BCUT2D eigenvalue weighted by Gasteiger charge is -2.23. The van der Waals surface area contributed by atoms with Gasteiger partial charge in [-0.2, -0.15) is 0 Å². The number of urea groups is 1. The molecule has 0 radical (unpaired) electrons. The molecule has 0 bridgehead atoms. The van der Waals surface area contributed by atoms with E-state index >= 15 is 0 Å². The Hall–Kier alpha value is -1.59. The number of hydrogen-bond donors (Lipinski definition) is 1. The quantitative estimate of drug-likeness (QED) is 0.692. The zero-order valence-electron chi connectivity index (χ0n) is 14.7. The van der Waals surface area contributed by atoms with Crippen LogP contribution in [0.1, 0.15) is 64.7 Å². The van der Waals surface area contributed by atoms with Crippen molar-refractivity contribution in [2.45, 2.75) is 70.3 Å². The molecule has 2 saturated carbocycles. The van der Waals surface area contributed by atoms with E-state index in [0.29, 0.717) is 25.3 Å². The Kier molecular flexibility index (Phi) is 5.11. The first-order valence-electron chi connectivity index (χ1n) is 9.47. The molecule has 0 aromatic rings. The predicted octanol–water partition coefficient (Wildman–Crippen LogP) is 2.28. The van der Waals surface area contributed by atoms with Crippen LogP contribution in [0.25, 0.3) is 0 Å². The topological polar surface area (TPSA) is 69.7 Å². The summed E-state index contributed by atoms with van der Waals surface area (Å²) in [5.74, 6) is 0.765. The fourth-order valence-corrected chi connectivity index (χ4v) is 3.94. The van der Waals surface area contributed by atoms with Crippen LogP contribution in [0.15, 0.2) is 0 Å². The average Bonchev–Trinajstić information content (AvgIpc) is 3.20. The van der Waals surface area contributed by atoms with Crippen LogP contribution in [0.5, 0.6) is 0 Å². The molecule has 3 aliphatic rings. The molecule has 4 amide bonds. The van der Waals surface area contributed by atoms with Gasteiger partial charge in [-0.3, -0.25) is 14.5 Å². The van der Waals surface area contributed by atoms with Gasteiger partial charge in [0.1, 0.15) is 5.54 Å². The van der Waals surface area contributed by atoms with Gasteiger partial charge in [0.05, 0.1) is 0 Å². The molecular weight excluding hydrogens is 306 g/mol. The van der Waals surface area contributed by atoms with Crippen molar-refractivity contribution in [2.75, 3.05) is 19.6 Å². The van der Waals surface area contributed by atoms with E-state index in [1.54, 1.807) is 0 Å². The fourth-order valence-electron chi connectivity index (χ4n) is 3.94. The van der Waals surface area contributed by atoms with Crippen molar-refractivity contribution < 1.29 is 14.4 Å². The maximum atomic E-state index is 12.6. The van der Waals surface area contributed by atoms with E-state index in [1.165, 1.54) is 17.7 Å². The standard InChI is InChI=1S/C18H29N3O3/c1-2-11-20(13-14-7-8-14)15(22)6-5-12-21-16(23)18(19-17(21)24)9-3-4-10-18/h14H,2-13H2,1H3,(H,19,24). The Balaban J connectivity index is 1.47. The second-order valence-electron chi connectivity index (χ2n) is 7.56. The summed E-state index contributed by atoms with van der Waals surface area (Å²) in [6, 6.07) is -0.280. The van der Waals surface area contributed by atoms with Crippen LogP contribution in [-0.4, -0.2) is 52.8 Å². The second kappa shape index (κ2) is 7.11. The molecular formula is C18H29N3O3. The number of carbonyl (C=O) groups is 3. The number of imide groups is 1. The minimum absolute atomic E-state index is 0.0826. The molecule has 24 heavy (non-hydrogen) atoms. The van der Waals surface area contributed by atoms with Gasteiger partial charge in [0, 0.05) is 26.1 Å². The number of rotatable bonds is 8. The summed E-state index contributed by atoms with van der Waals surface area (Å²) < 4.78 is 0. The first kappa shape index (κ1) is 17.2. The molecule has 0 unspecified atom stereocenters. The Morgan fingerprint density at radius 2 is 2.00 bits per heavy atom. The van der Waals surface area contributed by atoms with E-state index in [2.05, 4.69) is 12.2 Å². The number of nitrogens with one attached hydrogen (secondary N) is 1. The number of nitrogens with zero attached hydrogens (tertiary/aromatic N) is 2. The summed E-state index contributed by atoms with van der Waals surface area (Å²) >= 11 is 0. The smallest absolute Gasteiger partial charge is 0.325 e. The van der Waals surface area contributed by atoms with Crippen molar-refractivity contribution in [3.05, 3.63) is 0 Å². The second-order valence-corrected chi connectivity index (χ2v) is 7.56. The number of carbonyl (C=O) groups excluding carboxylic acids is 3. The Morgan fingerprint density at radius 3 is 2.62 bits per heavy atom. The average molecular weight is 335 g/mol. The van der Waals surface area contributed by atoms with Crippen molar-refractivity contribution in [2.24, 2.45) is 5.92 Å². The van der Waals surface area contributed by atoms with Gasteiger partial charge >= 0.3 is 6.03 Å². The Labute approximate surface area is 143 Å². The van der Waals surface area contributed by atoms with Gasteiger partial charge in [-0.1, -0.05) is 19.8 Å². The van der Waals surface area contributed by atoms with Crippen molar-refractivity contribution in [1.82, 2.24) is 15.1 Å². The molecule has 1 aliphatic heterocycles. The first-order valence-corrected chi connectivity index (χ1v) is 9.47. The lowest BCUT2D eigenvalue weighted by Crippen LogP contribution is -2.44. The van der Waals surface area contributed by atoms with Crippen LogP contribution in [0, 0.1) is 5.92 Å². The van der Waals surface area contributed by atoms with Crippen molar-refractivity contribution in [1.29, 1.82) is 0 Å². The molecule has 6 nitrogen and oxygen atoms in total. The van der Waals surface area contributed by atoms with E-state index < -0.39 is 5.54 Å². The van der Waals surface area contributed by atoms with Crippen LogP contribution in [0.3, 0.4) is 0 Å². The highest BCUT2D eigenvalue weighted by Gasteiger charge is 2.52. The van der Waals surface area contributed by atoms with Gasteiger partial charge < -0.3 is 10.2 Å². The highest BCUT2D eigenvalue weighted by Crippen LogP contribution is 2.35. The highest BCUT2D eigenvalue weighted by molar-refractivity contribution is 6.07. The monoisotopic (exact) mass is 335 g/mol. The minimum Gasteiger partial charge on any atom is -0.342 e. The summed E-state index contributed by atoms with van der Waals surface area (Å²) in [5, 5.41) is 2.89. The van der Waals surface area contributed by atoms with Crippen LogP contribution in [0.4, 0.5) is 4.79 Å². The SMILES string of the molecule is CCCN(CC1CC1)C(=O)CCCN1C(=O)NC2(CCCC2)C1=O. The Bertz CT molecular complexity index is 510. The molecule has 0 aromatic heterocycles. The Morgan fingerprint density at radius 1 is 1.29 bits per heavy atom. The number of hydrogen-bond acceptors (Lipinski definition) is 3. The van der Waals surface area contributed by atoms with Crippen LogP contribution in [0.2, 0.25) is 0 Å². The molecule has 1 heterocycles. The van der Waals surface area contributed by atoms with E-state index in [9.17, 15) is 14.4 Å². The zero-order valence-corrected chi connectivity index (χ0v) is 14.7. The molecule has 1 saturated heterocycles. The zero-order chi connectivity index (χ0) is 17.2. The van der Waals surface area contributed by atoms with E-state index in [-0.39, 0.29) is 17.8 Å². The maximum absolute atomic E-state index is 12.6. The molecule has 3 rings (SSSR count). The van der Waals surface area contributed by atoms with Gasteiger partial charge in [0.25, 0.3) is 5.91 Å². The lowest BCUT2D eigenvalue weighted by molar-refractivity contribution is -0.133. The minimum atomic E-state index is -0.638. The maximum Gasteiger partial charge on any atom is 0.325 e. The predicted molar refractivity (Wildman–Crippen MR) is 90.3 cm³/mol. The summed E-state index contributed by atoms with van der Waals surface area (Å²) in [7, 11) is 0. The normalized spacial score (nSPS) is 22.3. The summed E-state index contributed by atoms with van der Waals surface area (Å²) in [6.45, 7) is 4.11. The molecule has 2 aliphatic carbocycles. The first-order chi connectivity index (χ1) is 11.6. The van der Waals surface area contributed by atoms with Gasteiger partial charge in [0.2, 0.25) is 5.91 Å². The fraction of sp³-hybridized carbons (Fsp3) is 0.833. The molecule has 1 N–H and O–H groups in total. The molecule has 134 valence electrons. The van der Waals surface area contributed by atoms with Crippen molar-refractivity contribution in [3.8, 4) is 0 Å².